The molecule has 0 saturated carbocycles. The highest BCUT2D eigenvalue weighted by atomic mass is 32.2. The van der Waals surface area contributed by atoms with Crippen molar-refractivity contribution >= 4 is 22.7 Å². The summed E-state index contributed by atoms with van der Waals surface area (Å²) < 4.78 is 6.88. The van der Waals surface area contributed by atoms with Crippen molar-refractivity contribution < 1.29 is 4.52 Å². The predicted octanol–water partition coefficient (Wildman–Crippen LogP) is 3.58. The molecule has 0 unspecified atom stereocenters. The number of benzene rings is 2. The summed E-state index contributed by atoms with van der Waals surface area (Å²) in [6, 6.07) is 15.3. The Morgan fingerprint density at radius 1 is 1.08 bits per heavy atom. The number of rotatable bonds is 4. The standard InChI is InChI=1S/C19H16N4O2S/c1-12-7-9-13(10-8-12)17-21-16(25-22-17)11-26-19-20-15-6-4-3-5-14(15)18(24)23(19)2/h3-10H,11H2,1-2H3. The molecule has 0 aliphatic rings. The number of hydrogen-bond acceptors (Lipinski definition) is 6. The molecule has 4 rings (SSSR count). The molecule has 2 aromatic carbocycles. The Morgan fingerprint density at radius 3 is 2.65 bits per heavy atom. The first-order valence-electron chi connectivity index (χ1n) is 8.10. The maximum atomic E-state index is 12.4. The number of para-hydroxylation sites is 1. The zero-order valence-corrected chi connectivity index (χ0v) is 15.2. The summed E-state index contributed by atoms with van der Waals surface area (Å²) in [5, 5.41) is 5.25. The minimum atomic E-state index is -0.0658. The van der Waals surface area contributed by atoms with Crippen LogP contribution in [0.4, 0.5) is 0 Å². The van der Waals surface area contributed by atoms with Gasteiger partial charge in [0.1, 0.15) is 0 Å². The van der Waals surface area contributed by atoms with Gasteiger partial charge >= 0.3 is 0 Å². The molecule has 0 saturated heterocycles. The summed E-state index contributed by atoms with van der Waals surface area (Å²) >= 11 is 1.40. The molecule has 0 N–H and O–H groups in total. The van der Waals surface area contributed by atoms with Gasteiger partial charge in [0.05, 0.1) is 16.7 Å². The lowest BCUT2D eigenvalue weighted by Crippen LogP contribution is -2.19. The van der Waals surface area contributed by atoms with Crippen molar-refractivity contribution in [2.24, 2.45) is 7.05 Å². The molecule has 2 heterocycles. The highest BCUT2D eigenvalue weighted by Gasteiger charge is 2.12. The summed E-state index contributed by atoms with van der Waals surface area (Å²) in [6.45, 7) is 2.03. The van der Waals surface area contributed by atoms with Gasteiger partial charge in [0.15, 0.2) is 5.16 Å². The molecule has 0 spiro atoms. The van der Waals surface area contributed by atoms with Gasteiger partial charge in [0, 0.05) is 12.6 Å². The highest BCUT2D eigenvalue weighted by Crippen LogP contribution is 2.23. The van der Waals surface area contributed by atoms with Gasteiger partial charge in [-0.25, -0.2) is 4.98 Å². The van der Waals surface area contributed by atoms with E-state index < -0.39 is 0 Å². The van der Waals surface area contributed by atoms with Crippen LogP contribution < -0.4 is 5.56 Å². The number of aryl methyl sites for hydroxylation is 1. The normalized spacial score (nSPS) is 11.2. The average molecular weight is 364 g/mol. The van der Waals surface area contributed by atoms with E-state index in [1.807, 2.05) is 49.4 Å². The van der Waals surface area contributed by atoms with Crippen LogP contribution in [0.25, 0.3) is 22.3 Å². The molecule has 6 nitrogen and oxygen atoms in total. The maximum absolute atomic E-state index is 12.4. The van der Waals surface area contributed by atoms with Gasteiger partial charge in [0.2, 0.25) is 11.7 Å². The fraction of sp³-hybridized carbons (Fsp3) is 0.158. The van der Waals surface area contributed by atoms with Crippen LogP contribution in [0.15, 0.2) is 63.0 Å². The fourth-order valence-corrected chi connectivity index (χ4v) is 3.40. The predicted molar refractivity (Wildman–Crippen MR) is 101 cm³/mol. The van der Waals surface area contributed by atoms with Gasteiger partial charge in [-0.3, -0.25) is 9.36 Å². The average Bonchev–Trinajstić information content (AvgIpc) is 3.13. The first kappa shape index (κ1) is 16.5. The van der Waals surface area contributed by atoms with Gasteiger partial charge in [0.25, 0.3) is 5.56 Å². The number of thioether (sulfide) groups is 1. The fourth-order valence-electron chi connectivity index (χ4n) is 2.59. The summed E-state index contributed by atoms with van der Waals surface area (Å²) in [5.41, 5.74) is 2.70. The lowest BCUT2D eigenvalue weighted by atomic mass is 10.1. The molecule has 130 valence electrons. The Hall–Kier alpha value is -2.93. The van der Waals surface area contributed by atoms with Gasteiger partial charge in [-0.05, 0) is 19.1 Å². The third-order valence-electron chi connectivity index (χ3n) is 4.04. The zero-order valence-electron chi connectivity index (χ0n) is 14.3. The van der Waals surface area contributed by atoms with Crippen LogP contribution in [0.1, 0.15) is 11.5 Å². The number of aromatic nitrogens is 4. The van der Waals surface area contributed by atoms with Crippen molar-refractivity contribution in [3.63, 3.8) is 0 Å². The minimum Gasteiger partial charge on any atom is -0.338 e. The van der Waals surface area contributed by atoms with E-state index in [0.29, 0.717) is 33.5 Å². The summed E-state index contributed by atoms with van der Waals surface area (Å²) in [5.74, 6) is 1.49. The Morgan fingerprint density at radius 2 is 1.85 bits per heavy atom. The van der Waals surface area contributed by atoms with E-state index in [1.165, 1.54) is 17.3 Å². The Bertz CT molecular complexity index is 1130. The van der Waals surface area contributed by atoms with Crippen LogP contribution in [-0.2, 0) is 12.8 Å². The maximum Gasteiger partial charge on any atom is 0.261 e. The summed E-state index contributed by atoms with van der Waals surface area (Å²) in [6.07, 6.45) is 0. The largest absolute Gasteiger partial charge is 0.338 e. The Kier molecular flexibility index (Phi) is 4.30. The SMILES string of the molecule is Cc1ccc(-c2noc(CSc3nc4ccccc4c(=O)n3C)n2)cc1. The lowest BCUT2D eigenvalue weighted by molar-refractivity contribution is 0.391. The van der Waals surface area contributed by atoms with Crippen molar-refractivity contribution in [2.45, 2.75) is 17.8 Å². The van der Waals surface area contributed by atoms with Crippen molar-refractivity contribution in [1.82, 2.24) is 19.7 Å². The monoisotopic (exact) mass is 364 g/mol. The Labute approximate surface area is 153 Å². The second-order valence-electron chi connectivity index (χ2n) is 5.94. The van der Waals surface area contributed by atoms with Crippen LogP contribution in [0.2, 0.25) is 0 Å². The van der Waals surface area contributed by atoms with E-state index in [4.69, 9.17) is 4.52 Å². The molecular formula is C19H16N4O2S. The van der Waals surface area contributed by atoms with E-state index in [2.05, 4.69) is 15.1 Å². The van der Waals surface area contributed by atoms with Crippen molar-refractivity contribution in [1.29, 1.82) is 0 Å². The molecule has 7 heteroatoms. The summed E-state index contributed by atoms with van der Waals surface area (Å²) in [7, 11) is 1.72. The number of nitrogens with zero attached hydrogens (tertiary/aromatic N) is 4. The molecule has 26 heavy (non-hydrogen) atoms. The van der Waals surface area contributed by atoms with E-state index in [1.54, 1.807) is 17.7 Å². The quantitative estimate of drug-likeness (QED) is 0.407. The molecule has 0 bridgehead atoms. The van der Waals surface area contributed by atoms with E-state index in [9.17, 15) is 4.79 Å². The lowest BCUT2D eigenvalue weighted by Gasteiger charge is -2.07. The van der Waals surface area contributed by atoms with Crippen LogP contribution in [0.3, 0.4) is 0 Å². The molecule has 0 amide bonds. The first-order valence-corrected chi connectivity index (χ1v) is 9.08. The second kappa shape index (κ2) is 6.76. The van der Waals surface area contributed by atoms with Crippen LogP contribution in [0, 0.1) is 6.92 Å². The van der Waals surface area contributed by atoms with Gasteiger partial charge in [-0.1, -0.05) is 58.9 Å². The molecule has 2 aromatic heterocycles. The van der Waals surface area contributed by atoms with Gasteiger partial charge in [-0.2, -0.15) is 4.98 Å². The van der Waals surface area contributed by atoms with Gasteiger partial charge < -0.3 is 4.52 Å². The topological polar surface area (TPSA) is 73.8 Å². The third kappa shape index (κ3) is 3.13. The molecule has 0 aliphatic carbocycles. The minimum absolute atomic E-state index is 0.0658. The van der Waals surface area contributed by atoms with Crippen LogP contribution >= 0.6 is 11.8 Å². The van der Waals surface area contributed by atoms with E-state index in [0.717, 1.165) is 5.56 Å². The Balaban J connectivity index is 1.56. The molecular weight excluding hydrogens is 348 g/mol. The van der Waals surface area contributed by atoms with Crippen LogP contribution in [0.5, 0.6) is 0 Å². The number of fused-ring (bicyclic) bond motifs is 1. The van der Waals surface area contributed by atoms with Crippen molar-refractivity contribution in [3.8, 4) is 11.4 Å². The molecule has 0 fully saturated rings. The third-order valence-corrected chi connectivity index (χ3v) is 5.06. The smallest absolute Gasteiger partial charge is 0.261 e. The zero-order chi connectivity index (χ0) is 18.1. The van der Waals surface area contributed by atoms with E-state index in [-0.39, 0.29) is 5.56 Å². The van der Waals surface area contributed by atoms with Crippen molar-refractivity contribution in [3.05, 3.63) is 70.3 Å². The van der Waals surface area contributed by atoms with E-state index >= 15 is 0 Å². The molecule has 0 aliphatic heterocycles. The summed E-state index contributed by atoms with van der Waals surface area (Å²) in [4.78, 5) is 21.4. The van der Waals surface area contributed by atoms with Crippen LogP contribution in [-0.4, -0.2) is 19.7 Å². The second-order valence-corrected chi connectivity index (χ2v) is 6.88. The highest BCUT2D eigenvalue weighted by molar-refractivity contribution is 7.98. The number of hydrogen-bond donors (Lipinski definition) is 0. The molecule has 4 aromatic rings. The first-order chi connectivity index (χ1) is 12.6. The molecule has 0 radical (unpaired) electrons. The van der Waals surface area contributed by atoms with Gasteiger partial charge in [-0.15, -0.1) is 0 Å². The van der Waals surface area contributed by atoms with Crippen molar-refractivity contribution in [2.75, 3.05) is 0 Å². The molecule has 0 atom stereocenters.